The Hall–Kier alpha value is -4.81. The summed E-state index contributed by atoms with van der Waals surface area (Å²) in [5.41, 5.74) is 3.12. The van der Waals surface area contributed by atoms with E-state index in [0.717, 1.165) is 36.6 Å². The van der Waals surface area contributed by atoms with Gasteiger partial charge in [0.2, 0.25) is 23.6 Å². The molecular formula is C39H37ClN4O7S. The first-order valence-electron chi connectivity index (χ1n) is 17.3. The van der Waals surface area contributed by atoms with Crippen molar-refractivity contribution >= 4 is 68.4 Å². The van der Waals surface area contributed by atoms with Crippen molar-refractivity contribution in [1.29, 1.82) is 0 Å². The molecule has 52 heavy (non-hydrogen) atoms. The van der Waals surface area contributed by atoms with E-state index in [1.807, 2.05) is 50.3 Å². The molecule has 2 aromatic carbocycles. The first kappa shape index (κ1) is 34.3. The average Bonchev–Trinajstić information content (AvgIpc) is 3.76. The van der Waals surface area contributed by atoms with E-state index < -0.39 is 58.7 Å². The fraction of sp³-hybridized carbons (Fsp3) is 0.385. The number of fused-ring (bicyclic) bond motifs is 5. The predicted octanol–water partition coefficient (Wildman–Crippen LogP) is 6.29. The fourth-order valence-corrected chi connectivity index (χ4v) is 10.8. The number of phenolic OH excluding ortho intramolecular Hbond substituents is 1. The quantitative estimate of drug-likeness (QED) is 0.173. The number of hydrogen-bond acceptors (Lipinski definition) is 8. The molecule has 6 atom stereocenters. The number of carbonyl (C=O) groups is 5. The van der Waals surface area contributed by atoms with Crippen LogP contribution in [-0.2, 0) is 31.0 Å². The van der Waals surface area contributed by atoms with Gasteiger partial charge in [-0.15, -0.1) is 11.3 Å². The van der Waals surface area contributed by atoms with Crippen LogP contribution in [0.15, 0.2) is 48.0 Å². The van der Waals surface area contributed by atoms with Crippen LogP contribution in [0.5, 0.6) is 5.75 Å². The molecule has 0 spiro atoms. The normalized spacial score (nSPS) is 27.0. The van der Waals surface area contributed by atoms with Gasteiger partial charge >= 0.3 is 5.97 Å². The van der Waals surface area contributed by atoms with E-state index in [-0.39, 0.29) is 37.5 Å². The number of amides is 4. The molecule has 4 aliphatic rings. The number of carboxylic acids is 1. The van der Waals surface area contributed by atoms with Crippen LogP contribution in [0.25, 0.3) is 20.7 Å². The molecule has 11 nitrogen and oxygen atoms in total. The summed E-state index contributed by atoms with van der Waals surface area (Å²) < 4.78 is 2.59. The second-order valence-electron chi connectivity index (χ2n) is 14.8. The van der Waals surface area contributed by atoms with Gasteiger partial charge in [-0.25, -0.2) is 4.90 Å². The Bertz CT molecular complexity index is 2300. The zero-order valence-corrected chi connectivity index (χ0v) is 30.8. The SMILES string of the molecule is Cc1cc(C2C3=CCC4C(=O)N(CCC(=O)O)C(=O)C4C3CC3C(=O)N(c4cc(-c5sc6ccc(Cl)cc6c5C)nn4C)C(=O)C32C)cc(C)c1O. The number of phenols is 1. The minimum Gasteiger partial charge on any atom is -0.507 e. The van der Waals surface area contributed by atoms with Crippen LogP contribution in [-0.4, -0.2) is 61.0 Å². The third-order valence-electron chi connectivity index (χ3n) is 12.0. The maximum absolute atomic E-state index is 15.0. The molecule has 4 aromatic rings. The molecule has 4 heterocycles. The van der Waals surface area contributed by atoms with Crippen LogP contribution in [0.3, 0.4) is 0 Å². The van der Waals surface area contributed by atoms with Crippen molar-refractivity contribution in [3.05, 3.63) is 75.3 Å². The van der Waals surface area contributed by atoms with Gasteiger partial charge in [0.15, 0.2) is 0 Å². The highest BCUT2D eigenvalue weighted by Gasteiger charge is 2.68. The van der Waals surface area contributed by atoms with Gasteiger partial charge in [-0.2, -0.15) is 5.10 Å². The number of halogens is 1. The van der Waals surface area contributed by atoms with E-state index in [0.29, 0.717) is 27.7 Å². The highest BCUT2D eigenvalue weighted by molar-refractivity contribution is 7.22. The Labute approximate surface area is 308 Å². The van der Waals surface area contributed by atoms with Crippen molar-refractivity contribution in [3.8, 4) is 16.3 Å². The van der Waals surface area contributed by atoms with Crippen LogP contribution < -0.4 is 4.90 Å². The van der Waals surface area contributed by atoms with E-state index >= 15 is 4.79 Å². The molecule has 2 aromatic heterocycles. The predicted molar refractivity (Wildman–Crippen MR) is 195 cm³/mol. The van der Waals surface area contributed by atoms with Crippen LogP contribution in [0, 0.1) is 49.9 Å². The lowest BCUT2D eigenvalue weighted by molar-refractivity contribution is -0.142. The Morgan fingerprint density at radius 2 is 1.73 bits per heavy atom. The molecule has 1 saturated carbocycles. The number of likely N-dealkylation sites (tertiary alicyclic amines) is 1. The number of carbonyl (C=O) groups excluding carboxylic acids is 4. The molecule has 2 saturated heterocycles. The molecule has 2 N–H and O–H groups in total. The summed E-state index contributed by atoms with van der Waals surface area (Å²) in [6, 6.07) is 11.1. The summed E-state index contributed by atoms with van der Waals surface area (Å²) in [4.78, 5) is 71.9. The third-order valence-corrected chi connectivity index (χ3v) is 13.5. The van der Waals surface area contributed by atoms with Gasteiger partial charge in [-0.1, -0.05) is 35.4 Å². The zero-order valence-electron chi connectivity index (χ0n) is 29.3. The number of aliphatic carboxylic acids is 1. The van der Waals surface area contributed by atoms with Crippen molar-refractivity contribution in [2.75, 3.05) is 11.4 Å². The van der Waals surface area contributed by atoms with Crippen LogP contribution >= 0.6 is 22.9 Å². The molecule has 6 unspecified atom stereocenters. The van der Waals surface area contributed by atoms with Crippen LogP contribution in [0.1, 0.15) is 54.4 Å². The Balaban J connectivity index is 1.24. The van der Waals surface area contributed by atoms with E-state index in [1.165, 1.54) is 4.90 Å². The topological polar surface area (TPSA) is 150 Å². The molecule has 0 radical (unpaired) electrons. The molecule has 0 bridgehead atoms. The lowest BCUT2D eigenvalue weighted by Gasteiger charge is -2.49. The summed E-state index contributed by atoms with van der Waals surface area (Å²) in [5, 5.41) is 26.4. The van der Waals surface area contributed by atoms with Gasteiger partial charge in [-0.05, 0) is 92.3 Å². The summed E-state index contributed by atoms with van der Waals surface area (Å²) >= 11 is 7.85. The first-order valence-corrected chi connectivity index (χ1v) is 18.5. The second kappa shape index (κ2) is 11.9. The lowest BCUT2D eigenvalue weighted by Crippen LogP contribution is -2.49. The largest absolute Gasteiger partial charge is 0.507 e. The van der Waals surface area contributed by atoms with Gasteiger partial charge in [0.05, 0.1) is 34.5 Å². The Kier molecular flexibility index (Phi) is 7.82. The number of rotatable bonds is 6. The van der Waals surface area contributed by atoms with E-state index in [4.69, 9.17) is 16.7 Å². The van der Waals surface area contributed by atoms with E-state index in [9.17, 15) is 29.4 Å². The number of allylic oxidation sites excluding steroid dienone is 2. The van der Waals surface area contributed by atoms with Gasteiger partial charge in [0, 0.05) is 35.3 Å². The number of nitrogens with zero attached hydrogens (tertiary/aromatic N) is 4. The second-order valence-corrected chi connectivity index (χ2v) is 16.3. The lowest BCUT2D eigenvalue weighted by atomic mass is 9.51. The fourth-order valence-electron chi connectivity index (χ4n) is 9.48. The number of aromatic hydroxyl groups is 1. The number of carboxylic acid groups (broad SMARTS) is 1. The standard InChI is InChI=1S/C39H37ClN4O7S/c1-17-12-20(13-18(2)33(17)47)32-22-7-8-23-31(37(50)43(35(23)48)11-10-30(45)46)25(22)15-26-36(49)44(38(51)39(26,32)4)29-16-27(41-42(29)5)34-19(3)24-14-21(40)6-9-28(24)52-34/h6-7,9,12-14,16,23,25-26,31-32,47H,8,10-11,15H2,1-5H3,(H,45,46). The number of anilines is 1. The van der Waals surface area contributed by atoms with Crippen LogP contribution in [0.2, 0.25) is 5.02 Å². The summed E-state index contributed by atoms with van der Waals surface area (Å²) in [6.45, 7) is 7.16. The number of hydrogen-bond donors (Lipinski definition) is 2. The van der Waals surface area contributed by atoms with Crippen molar-refractivity contribution < 1.29 is 34.2 Å². The third kappa shape index (κ3) is 4.76. The van der Waals surface area contributed by atoms with Gasteiger partial charge in [0.25, 0.3) is 0 Å². The first-order chi connectivity index (χ1) is 24.6. The highest BCUT2D eigenvalue weighted by atomic mass is 35.5. The molecule has 2 aliphatic heterocycles. The molecule has 3 fully saturated rings. The Morgan fingerprint density at radius 1 is 1.02 bits per heavy atom. The van der Waals surface area contributed by atoms with Crippen LogP contribution in [0.4, 0.5) is 5.82 Å². The van der Waals surface area contributed by atoms with Crippen molar-refractivity contribution in [2.24, 2.45) is 36.1 Å². The number of benzene rings is 2. The highest BCUT2D eigenvalue weighted by Crippen LogP contribution is 2.64. The minimum atomic E-state index is -1.27. The number of thiophene rings is 1. The molecular weight excluding hydrogens is 704 g/mol. The molecule has 2 aliphatic carbocycles. The zero-order chi connectivity index (χ0) is 37.1. The molecule has 8 rings (SSSR count). The van der Waals surface area contributed by atoms with Crippen molar-refractivity contribution in [2.45, 2.75) is 52.9 Å². The van der Waals surface area contributed by atoms with Gasteiger partial charge in [-0.3, -0.25) is 33.6 Å². The number of aryl methyl sites for hydroxylation is 4. The maximum atomic E-state index is 15.0. The summed E-state index contributed by atoms with van der Waals surface area (Å²) in [6.07, 6.45) is 2.03. The number of imide groups is 2. The molecule has 13 heteroatoms. The number of aromatic nitrogens is 2. The Morgan fingerprint density at radius 3 is 2.42 bits per heavy atom. The monoisotopic (exact) mass is 740 g/mol. The summed E-state index contributed by atoms with van der Waals surface area (Å²) in [5.74, 6) is -5.74. The van der Waals surface area contributed by atoms with Crippen molar-refractivity contribution in [3.63, 3.8) is 0 Å². The maximum Gasteiger partial charge on any atom is 0.305 e. The molecule has 4 amide bonds. The van der Waals surface area contributed by atoms with E-state index in [2.05, 4.69) is 0 Å². The van der Waals surface area contributed by atoms with Crippen molar-refractivity contribution in [1.82, 2.24) is 14.7 Å². The smallest absolute Gasteiger partial charge is 0.305 e. The van der Waals surface area contributed by atoms with E-state index in [1.54, 1.807) is 43.0 Å². The van der Waals surface area contributed by atoms with Gasteiger partial charge in [0.1, 0.15) is 17.3 Å². The summed E-state index contributed by atoms with van der Waals surface area (Å²) in [7, 11) is 1.70. The molecule has 268 valence electrons. The van der Waals surface area contributed by atoms with Gasteiger partial charge < -0.3 is 10.2 Å². The average molecular weight is 741 g/mol. The minimum absolute atomic E-state index is 0.137.